The summed E-state index contributed by atoms with van der Waals surface area (Å²) in [5, 5.41) is 2.92. The third kappa shape index (κ3) is 3.14. The number of hydrogen-bond donors (Lipinski definition) is 1. The molecule has 0 aliphatic carbocycles. The number of nitrogens with zero attached hydrogens (tertiary/aromatic N) is 1. The van der Waals surface area contributed by atoms with Gasteiger partial charge in [0.05, 0.1) is 5.69 Å². The van der Waals surface area contributed by atoms with E-state index in [-0.39, 0.29) is 11.8 Å². The zero-order chi connectivity index (χ0) is 16.3. The second-order valence-electron chi connectivity index (χ2n) is 6.09. The number of anilines is 1. The molecule has 0 saturated carbocycles. The van der Waals surface area contributed by atoms with Crippen LogP contribution in [0.15, 0.2) is 29.2 Å². The van der Waals surface area contributed by atoms with Crippen molar-refractivity contribution in [3.8, 4) is 0 Å². The topological polar surface area (TPSA) is 49.4 Å². The number of thioether (sulfide) groups is 1. The third-order valence-electron chi connectivity index (χ3n) is 3.88. The number of carbonyl (C=O) groups is 2. The molecule has 1 N–H and O–H groups in total. The van der Waals surface area contributed by atoms with Crippen molar-refractivity contribution in [3.63, 3.8) is 0 Å². The highest BCUT2D eigenvalue weighted by molar-refractivity contribution is 8.02. The quantitative estimate of drug-likeness (QED) is 0.848. The van der Waals surface area contributed by atoms with Crippen LogP contribution in [0.4, 0.5) is 5.69 Å². The summed E-state index contributed by atoms with van der Waals surface area (Å²) in [6.45, 7) is 9.05. The van der Waals surface area contributed by atoms with Crippen molar-refractivity contribution >= 4 is 29.3 Å². The van der Waals surface area contributed by atoms with Gasteiger partial charge in [-0.15, -0.1) is 0 Å². The number of benzene rings is 1. The molecule has 0 spiro atoms. The molecule has 1 heterocycles. The first-order valence-electron chi connectivity index (χ1n) is 7.78. The monoisotopic (exact) mass is 320 g/mol. The molecule has 22 heavy (non-hydrogen) atoms. The molecular formula is C17H24N2O2S. The van der Waals surface area contributed by atoms with Crippen molar-refractivity contribution in [3.05, 3.63) is 24.3 Å². The summed E-state index contributed by atoms with van der Waals surface area (Å²) in [6.07, 6.45) is 0.911. The average Bonchev–Trinajstić information content (AvgIpc) is 2.48. The number of hydrogen-bond acceptors (Lipinski definition) is 3. The average molecular weight is 320 g/mol. The maximum Gasteiger partial charge on any atom is 0.252 e. The molecule has 4 nitrogen and oxygen atoms in total. The summed E-state index contributed by atoms with van der Waals surface area (Å²) in [6, 6.07) is 7.75. The molecular weight excluding hydrogens is 296 g/mol. The number of carbonyl (C=O) groups excluding carboxylic acids is 2. The Labute approximate surface area is 136 Å². The van der Waals surface area contributed by atoms with E-state index in [1.807, 2.05) is 31.2 Å². The summed E-state index contributed by atoms with van der Waals surface area (Å²) in [4.78, 5) is 28.1. The number of fused-ring (bicyclic) bond motifs is 1. The van der Waals surface area contributed by atoms with Gasteiger partial charge in [-0.25, -0.2) is 0 Å². The molecule has 2 amide bonds. The maximum atomic E-state index is 12.8. The van der Waals surface area contributed by atoms with Gasteiger partial charge >= 0.3 is 0 Å². The normalized spacial score (nSPS) is 21.0. The molecule has 0 radical (unpaired) electrons. The zero-order valence-corrected chi connectivity index (χ0v) is 14.5. The van der Waals surface area contributed by atoms with E-state index in [1.54, 1.807) is 11.8 Å². The SMILES string of the molecule is CCN1C(=O)C(C)(C(=O)NCCC(C)C)Sc2ccccc21. The standard InChI is InChI=1S/C17H24N2O2S/c1-5-19-13-8-6-7-9-14(13)22-17(4,16(19)21)15(20)18-11-10-12(2)3/h6-9,12H,5,10-11H2,1-4H3,(H,18,20). The Kier molecular flexibility index (Phi) is 5.16. The highest BCUT2D eigenvalue weighted by atomic mass is 32.2. The highest BCUT2D eigenvalue weighted by Gasteiger charge is 2.48. The van der Waals surface area contributed by atoms with Gasteiger partial charge < -0.3 is 10.2 Å². The van der Waals surface area contributed by atoms with E-state index >= 15 is 0 Å². The molecule has 1 atom stereocenters. The predicted molar refractivity (Wildman–Crippen MR) is 91.2 cm³/mol. The lowest BCUT2D eigenvalue weighted by molar-refractivity contribution is -0.131. The summed E-state index contributed by atoms with van der Waals surface area (Å²) in [5.41, 5.74) is 0.896. The fourth-order valence-corrected chi connectivity index (χ4v) is 3.73. The zero-order valence-electron chi connectivity index (χ0n) is 13.7. The van der Waals surface area contributed by atoms with Crippen LogP contribution >= 0.6 is 11.8 Å². The molecule has 1 aliphatic heterocycles. The van der Waals surface area contributed by atoms with Crippen LogP contribution in [0.1, 0.15) is 34.1 Å². The fraction of sp³-hybridized carbons (Fsp3) is 0.529. The second kappa shape index (κ2) is 6.73. The van der Waals surface area contributed by atoms with E-state index in [0.29, 0.717) is 19.0 Å². The minimum Gasteiger partial charge on any atom is -0.354 e. The summed E-state index contributed by atoms with van der Waals surface area (Å²) in [5.74, 6) is 0.188. The minimum absolute atomic E-state index is 0.138. The molecule has 2 rings (SSSR count). The summed E-state index contributed by atoms with van der Waals surface area (Å²) in [7, 11) is 0. The van der Waals surface area contributed by atoms with Crippen molar-refractivity contribution in [1.82, 2.24) is 5.32 Å². The summed E-state index contributed by atoms with van der Waals surface area (Å²) >= 11 is 1.35. The molecule has 1 unspecified atom stereocenters. The lowest BCUT2D eigenvalue weighted by Gasteiger charge is -2.38. The molecule has 5 heteroatoms. The van der Waals surface area contributed by atoms with Gasteiger partial charge in [-0.1, -0.05) is 37.7 Å². The Morgan fingerprint density at radius 1 is 1.36 bits per heavy atom. The number of nitrogens with one attached hydrogen (secondary N) is 1. The van der Waals surface area contributed by atoms with Gasteiger partial charge in [-0.05, 0) is 38.3 Å². The Hall–Kier alpha value is -1.49. The van der Waals surface area contributed by atoms with E-state index < -0.39 is 4.75 Å². The second-order valence-corrected chi connectivity index (χ2v) is 7.55. The number of amides is 2. The molecule has 1 aromatic carbocycles. The lowest BCUT2D eigenvalue weighted by atomic mass is 10.1. The highest BCUT2D eigenvalue weighted by Crippen LogP contribution is 2.45. The van der Waals surface area contributed by atoms with Gasteiger partial charge in [0.15, 0.2) is 4.75 Å². The van der Waals surface area contributed by atoms with Crippen molar-refractivity contribution in [2.24, 2.45) is 5.92 Å². The fourth-order valence-electron chi connectivity index (χ4n) is 2.50. The van der Waals surface area contributed by atoms with Crippen LogP contribution in [0, 0.1) is 5.92 Å². The first-order valence-corrected chi connectivity index (χ1v) is 8.60. The smallest absolute Gasteiger partial charge is 0.252 e. The van der Waals surface area contributed by atoms with Crippen molar-refractivity contribution < 1.29 is 9.59 Å². The van der Waals surface area contributed by atoms with Crippen LogP contribution in [-0.2, 0) is 9.59 Å². The van der Waals surface area contributed by atoms with Gasteiger partial charge in [0.25, 0.3) is 5.91 Å². The molecule has 0 saturated heterocycles. The van der Waals surface area contributed by atoms with Crippen LogP contribution in [0.2, 0.25) is 0 Å². The van der Waals surface area contributed by atoms with Crippen molar-refractivity contribution in [2.45, 2.75) is 43.8 Å². The van der Waals surface area contributed by atoms with Gasteiger partial charge in [0.1, 0.15) is 0 Å². The molecule has 1 aliphatic rings. The van der Waals surface area contributed by atoms with Gasteiger partial charge in [-0.3, -0.25) is 9.59 Å². The maximum absolute atomic E-state index is 12.8. The van der Waals surface area contributed by atoms with Gasteiger partial charge in [0, 0.05) is 18.0 Å². The van der Waals surface area contributed by atoms with E-state index in [9.17, 15) is 9.59 Å². The van der Waals surface area contributed by atoms with Crippen molar-refractivity contribution in [2.75, 3.05) is 18.0 Å². The molecule has 0 aromatic heterocycles. The van der Waals surface area contributed by atoms with Gasteiger partial charge in [0.2, 0.25) is 5.91 Å². The van der Waals surface area contributed by atoms with Gasteiger partial charge in [-0.2, -0.15) is 0 Å². The largest absolute Gasteiger partial charge is 0.354 e. The van der Waals surface area contributed by atoms with E-state index in [0.717, 1.165) is 17.0 Å². The minimum atomic E-state index is -1.10. The van der Waals surface area contributed by atoms with Crippen LogP contribution in [0.3, 0.4) is 0 Å². The molecule has 0 bridgehead atoms. The van der Waals surface area contributed by atoms with Crippen molar-refractivity contribution in [1.29, 1.82) is 0 Å². The molecule has 0 fully saturated rings. The first kappa shape index (κ1) is 16.9. The van der Waals surface area contributed by atoms with Crippen LogP contribution in [0.5, 0.6) is 0 Å². The predicted octanol–water partition coefficient (Wildman–Crippen LogP) is 3.07. The third-order valence-corrected chi connectivity index (χ3v) is 5.21. The molecule has 1 aromatic rings. The van der Waals surface area contributed by atoms with E-state index in [1.165, 1.54) is 11.8 Å². The Bertz CT molecular complexity index is 574. The van der Waals surface area contributed by atoms with Crippen LogP contribution in [-0.4, -0.2) is 29.7 Å². The lowest BCUT2D eigenvalue weighted by Crippen LogP contribution is -2.56. The van der Waals surface area contributed by atoms with Crippen LogP contribution in [0.25, 0.3) is 0 Å². The van der Waals surface area contributed by atoms with Crippen LogP contribution < -0.4 is 10.2 Å². The Morgan fingerprint density at radius 2 is 2.05 bits per heavy atom. The Morgan fingerprint density at radius 3 is 2.68 bits per heavy atom. The van der Waals surface area contributed by atoms with E-state index in [4.69, 9.17) is 0 Å². The first-order chi connectivity index (χ1) is 10.4. The Balaban J connectivity index is 2.23. The number of para-hydroxylation sites is 1. The summed E-state index contributed by atoms with van der Waals surface area (Å²) < 4.78 is -1.10. The number of rotatable bonds is 5. The van der Waals surface area contributed by atoms with E-state index in [2.05, 4.69) is 19.2 Å². The molecule has 120 valence electrons.